The van der Waals surface area contributed by atoms with Crippen molar-refractivity contribution in [3.05, 3.63) is 60.7 Å². The highest BCUT2D eigenvalue weighted by Crippen LogP contribution is 2.18. The zero-order valence-corrected chi connectivity index (χ0v) is 17.4. The summed E-state index contributed by atoms with van der Waals surface area (Å²) < 4.78 is 0. The van der Waals surface area contributed by atoms with Crippen LogP contribution in [0.1, 0.15) is 6.42 Å². The van der Waals surface area contributed by atoms with Gasteiger partial charge in [-0.1, -0.05) is 36.4 Å². The maximum absolute atomic E-state index is 13.0. The molecule has 0 aromatic heterocycles. The summed E-state index contributed by atoms with van der Waals surface area (Å²) >= 11 is 0. The smallest absolute Gasteiger partial charge is 0.322 e. The monoisotopic (exact) mass is 421 g/mol. The van der Waals surface area contributed by atoms with Gasteiger partial charge >= 0.3 is 6.03 Å². The van der Waals surface area contributed by atoms with E-state index in [1.165, 1.54) is 4.90 Å². The molecule has 4 amide bonds. The second-order valence-electron chi connectivity index (χ2n) is 7.70. The number of urea groups is 1. The number of benzene rings is 2. The summed E-state index contributed by atoms with van der Waals surface area (Å²) in [6.45, 7) is 3.41. The van der Waals surface area contributed by atoms with Crippen LogP contribution < -0.4 is 15.5 Å². The number of amides is 4. The fourth-order valence-corrected chi connectivity index (χ4v) is 4.02. The van der Waals surface area contributed by atoms with Crippen LogP contribution in [0.2, 0.25) is 0 Å². The van der Waals surface area contributed by atoms with Crippen LogP contribution >= 0.6 is 0 Å². The first-order valence-electron chi connectivity index (χ1n) is 10.6. The summed E-state index contributed by atoms with van der Waals surface area (Å²) in [7, 11) is 0. The highest BCUT2D eigenvalue weighted by Gasteiger charge is 2.36. The Kier molecular flexibility index (Phi) is 6.35. The van der Waals surface area contributed by atoms with E-state index in [1.54, 1.807) is 17.0 Å². The molecule has 0 saturated carbocycles. The van der Waals surface area contributed by atoms with E-state index in [0.717, 1.165) is 18.8 Å². The van der Waals surface area contributed by atoms with Crippen molar-refractivity contribution in [3.8, 4) is 0 Å². The number of nitrogens with zero attached hydrogens (tertiary/aromatic N) is 3. The SMILES string of the molecule is O=C1NCCN(C(=O)Nc2ccccc2)[C@H]1CC(=O)N1CCN(c2ccccc2)CC1. The number of nitrogens with one attached hydrogen (secondary N) is 2. The predicted octanol–water partition coefficient (Wildman–Crippen LogP) is 1.76. The van der Waals surface area contributed by atoms with Gasteiger partial charge in [0.1, 0.15) is 6.04 Å². The lowest BCUT2D eigenvalue weighted by Crippen LogP contribution is -2.60. The number of piperazine rings is 2. The average molecular weight is 422 g/mol. The molecule has 1 atom stereocenters. The molecule has 2 aromatic rings. The fourth-order valence-electron chi connectivity index (χ4n) is 4.02. The lowest BCUT2D eigenvalue weighted by atomic mass is 10.1. The minimum absolute atomic E-state index is 0.0145. The van der Waals surface area contributed by atoms with Gasteiger partial charge in [-0.25, -0.2) is 4.79 Å². The predicted molar refractivity (Wildman–Crippen MR) is 119 cm³/mol. The van der Waals surface area contributed by atoms with Gasteiger partial charge in [-0.15, -0.1) is 0 Å². The first-order valence-corrected chi connectivity index (χ1v) is 10.6. The van der Waals surface area contributed by atoms with Crippen molar-refractivity contribution in [2.45, 2.75) is 12.5 Å². The zero-order chi connectivity index (χ0) is 21.6. The van der Waals surface area contributed by atoms with E-state index in [2.05, 4.69) is 27.7 Å². The summed E-state index contributed by atoms with van der Waals surface area (Å²) in [6.07, 6.45) is -0.0145. The van der Waals surface area contributed by atoms with Gasteiger partial charge in [0.05, 0.1) is 6.42 Å². The van der Waals surface area contributed by atoms with E-state index in [-0.39, 0.29) is 24.3 Å². The third-order valence-corrected chi connectivity index (χ3v) is 5.74. The van der Waals surface area contributed by atoms with Crippen LogP contribution in [-0.2, 0) is 9.59 Å². The molecule has 4 rings (SSSR count). The quantitative estimate of drug-likeness (QED) is 0.788. The van der Waals surface area contributed by atoms with Crippen LogP contribution in [0.5, 0.6) is 0 Å². The number of rotatable bonds is 4. The molecule has 2 N–H and O–H groups in total. The van der Waals surface area contributed by atoms with Crippen LogP contribution in [0, 0.1) is 0 Å². The van der Waals surface area contributed by atoms with Crippen molar-refractivity contribution in [1.29, 1.82) is 0 Å². The van der Waals surface area contributed by atoms with Crippen molar-refractivity contribution >= 4 is 29.2 Å². The number of hydrogen-bond donors (Lipinski definition) is 2. The van der Waals surface area contributed by atoms with Crippen molar-refractivity contribution in [2.24, 2.45) is 0 Å². The molecular formula is C23H27N5O3. The van der Waals surface area contributed by atoms with Crippen LogP contribution in [-0.4, -0.2) is 73.0 Å². The maximum Gasteiger partial charge on any atom is 0.322 e. The standard InChI is InChI=1S/C23H27N5O3/c29-21(27-15-13-26(14-16-27)19-9-5-2-6-10-19)17-20-22(30)24-11-12-28(20)23(31)25-18-7-3-1-4-8-18/h1-10,20H,11-17H2,(H,24,30)(H,25,31)/t20-/m0/s1. The van der Waals surface area contributed by atoms with Gasteiger partial charge < -0.3 is 25.3 Å². The highest BCUT2D eigenvalue weighted by atomic mass is 16.2. The summed E-state index contributed by atoms with van der Waals surface area (Å²) in [5.41, 5.74) is 1.80. The summed E-state index contributed by atoms with van der Waals surface area (Å²) in [5.74, 6) is -0.391. The van der Waals surface area contributed by atoms with E-state index in [0.29, 0.717) is 31.9 Å². The minimum atomic E-state index is -0.808. The molecule has 2 fully saturated rings. The van der Waals surface area contributed by atoms with Gasteiger partial charge in [0.25, 0.3) is 0 Å². The Morgan fingerprint density at radius 2 is 1.55 bits per heavy atom. The van der Waals surface area contributed by atoms with Crippen LogP contribution in [0.15, 0.2) is 60.7 Å². The average Bonchev–Trinajstić information content (AvgIpc) is 2.81. The maximum atomic E-state index is 13.0. The molecule has 2 aromatic carbocycles. The molecule has 0 radical (unpaired) electrons. The summed E-state index contributed by atoms with van der Waals surface area (Å²) in [4.78, 5) is 43.7. The third kappa shape index (κ3) is 4.96. The molecule has 2 heterocycles. The number of para-hydroxylation sites is 2. The molecule has 31 heavy (non-hydrogen) atoms. The molecule has 0 spiro atoms. The zero-order valence-electron chi connectivity index (χ0n) is 17.4. The van der Waals surface area contributed by atoms with E-state index in [9.17, 15) is 14.4 Å². The number of hydrogen-bond acceptors (Lipinski definition) is 4. The Balaban J connectivity index is 1.36. The molecule has 162 valence electrons. The largest absolute Gasteiger partial charge is 0.368 e. The molecule has 8 nitrogen and oxygen atoms in total. The van der Waals surface area contributed by atoms with Crippen LogP contribution in [0.4, 0.5) is 16.2 Å². The summed E-state index contributed by atoms with van der Waals surface area (Å²) in [5, 5.41) is 5.59. The molecular weight excluding hydrogens is 394 g/mol. The van der Waals surface area contributed by atoms with Crippen molar-refractivity contribution < 1.29 is 14.4 Å². The van der Waals surface area contributed by atoms with Gasteiger partial charge in [0.15, 0.2) is 0 Å². The molecule has 8 heteroatoms. The highest BCUT2D eigenvalue weighted by molar-refractivity contribution is 5.96. The Labute approximate surface area is 181 Å². The van der Waals surface area contributed by atoms with Gasteiger partial charge in [0, 0.05) is 50.6 Å². The number of carbonyl (C=O) groups excluding carboxylic acids is 3. The number of carbonyl (C=O) groups is 3. The van der Waals surface area contributed by atoms with E-state index >= 15 is 0 Å². The molecule has 0 aliphatic carbocycles. The first-order chi connectivity index (χ1) is 15.1. The van der Waals surface area contributed by atoms with Gasteiger partial charge in [-0.2, -0.15) is 0 Å². The molecule has 2 aliphatic heterocycles. The molecule has 2 aliphatic rings. The van der Waals surface area contributed by atoms with Crippen molar-refractivity contribution in [1.82, 2.24) is 15.1 Å². The minimum Gasteiger partial charge on any atom is -0.368 e. The Bertz CT molecular complexity index is 913. The second-order valence-corrected chi connectivity index (χ2v) is 7.70. The molecule has 2 saturated heterocycles. The van der Waals surface area contributed by atoms with Crippen molar-refractivity contribution in [2.75, 3.05) is 49.5 Å². The van der Waals surface area contributed by atoms with E-state index in [4.69, 9.17) is 0 Å². The topological polar surface area (TPSA) is 85.0 Å². The van der Waals surface area contributed by atoms with Crippen LogP contribution in [0.3, 0.4) is 0 Å². The van der Waals surface area contributed by atoms with E-state index < -0.39 is 6.04 Å². The van der Waals surface area contributed by atoms with Gasteiger partial charge in [-0.3, -0.25) is 9.59 Å². The van der Waals surface area contributed by atoms with Crippen molar-refractivity contribution in [3.63, 3.8) is 0 Å². The van der Waals surface area contributed by atoms with Gasteiger partial charge in [-0.05, 0) is 24.3 Å². The number of anilines is 2. The Morgan fingerprint density at radius 3 is 2.23 bits per heavy atom. The first kappa shape index (κ1) is 20.7. The van der Waals surface area contributed by atoms with E-state index in [1.807, 2.05) is 36.4 Å². The molecule has 0 bridgehead atoms. The fraction of sp³-hybridized carbons (Fsp3) is 0.348. The van der Waals surface area contributed by atoms with Crippen LogP contribution in [0.25, 0.3) is 0 Å². The Hall–Kier alpha value is -3.55. The normalized spacial score (nSPS) is 19.0. The molecule has 0 unspecified atom stereocenters. The summed E-state index contributed by atoms with van der Waals surface area (Å²) in [6, 6.07) is 18.0. The Morgan fingerprint density at radius 1 is 0.903 bits per heavy atom. The second kappa shape index (κ2) is 9.51. The third-order valence-electron chi connectivity index (χ3n) is 5.74. The lowest BCUT2D eigenvalue weighted by Gasteiger charge is -2.38. The van der Waals surface area contributed by atoms with Gasteiger partial charge in [0.2, 0.25) is 11.8 Å². The lowest BCUT2D eigenvalue weighted by molar-refractivity contribution is -0.137.